The summed E-state index contributed by atoms with van der Waals surface area (Å²) in [5.41, 5.74) is 2.74. The fraction of sp³-hybridized carbons (Fsp3) is 0.571. The van der Waals surface area contributed by atoms with E-state index >= 15 is 0 Å². The summed E-state index contributed by atoms with van der Waals surface area (Å²) < 4.78 is 0. The molecule has 1 nitrogen and oxygen atoms in total. The van der Waals surface area contributed by atoms with Crippen LogP contribution in [-0.2, 0) is 0 Å². The Labute approximate surface area is 93.9 Å². The van der Waals surface area contributed by atoms with Crippen LogP contribution in [0.25, 0.3) is 0 Å². The molecule has 0 atom stereocenters. The highest BCUT2D eigenvalue weighted by Gasteiger charge is 2.26. The lowest BCUT2D eigenvalue weighted by Crippen LogP contribution is -2.38. The predicted molar refractivity (Wildman–Crippen MR) is 66.3 cm³/mol. The molecule has 15 heavy (non-hydrogen) atoms. The van der Waals surface area contributed by atoms with Crippen molar-refractivity contribution in [3.63, 3.8) is 0 Å². The zero-order valence-corrected chi connectivity index (χ0v) is 10.3. The van der Waals surface area contributed by atoms with Gasteiger partial charge in [0, 0.05) is 24.9 Å². The number of likely N-dealkylation sites (tertiary alicyclic amines) is 1. The average Bonchev–Trinajstić information content (AvgIpc) is 1.99. The van der Waals surface area contributed by atoms with Gasteiger partial charge >= 0.3 is 0 Å². The standard InChI is InChI=1S/C14H21N/c1-6-9-13(15-10-8-11-15)12(7-2)14(3,4)5/h1,7,9H,8,10-11H2,2-5H3/b12-7+,13-9+. The summed E-state index contributed by atoms with van der Waals surface area (Å²) in [6.07, 6.45) is 10.8. The van der Waals surface area contributed by atoms with Gasteiger partial charge in [0.2, 0.25) is 0 Å². The molecule has 0 saturated carbocycles. The van der Waals surface area contributed by atoms with Crippen molar-refractivity contribution in [3.8, 4) is 12.3 Å². The summed E-state index contributed by atoms with van der Waals surface area (Å²) in [6.45, 7) is 11.1. The lowest BCUT2D eigenvalue weighted by atomic mass is 9.83. The molecule has 0 spiro atoms. The summed E-state index contributed by atoms with van der Waals surface area (Å²) >= 11 is 0. The highest BCUT2D eigenvalue weighted by molar-refractivity contribution is 5.38. The molecule has 0 unspecified atom stereocenters. The van der Waals surface area contributed by atoms with Gasteiger partial charge in [0.15, 0.2) is 0 Å². The van der Waals surface area contributed by atoms with Gasteiger partial charge in [-0.05, 0) is 24.3 Å². The fourth-order valence-corrected chi connectivity index (χ4v) is 1.94. The van der Waals surface area contributed by atoms with E-state index in [-0.39, 0.29) is 5.41 Å². The fourth-order valence-electron chi connectivity index (χ4n) is 1.94. The van der Waals surface area contributed by atoms with Crippen molar-refractivity contribution in [1.29, 1.82) is 0 Å². The molecule has 1 heteroatoms. The number of hydrogen-bond donors (Lipinski definition) is 0. The van der Waals surface area contributed by atoms with E-state index in [1.165, 1.54) is 17.7 Å². The van der Waals surface area contributed by atoms with Crippen LogP contribution in [0.5, 0.6) is 0 Å². The maximum Gasteiger partial charge on any atom is 0.0485 e. The van der Waals surface area contributed by atoms with E-state index in [1.54, 1.807) is 0 Å². The Hall–Kier alpha value is -1.16. The van der Waals surface area contributed by atoms with E-state index in [0.717, 1.165) is 13.1 Å². The molecule has 0 bridgehead atoms. The van der Waals surface area contributed by atoms with Crippen LogP contribution in [0.2, 0.25) is 0 Å². The molecule has 0 aliphatic carbocycles. The van der Waals surface area contributed by atoms with Crippen LogP contribution in [0, 0.1) is 17.8 Å². The molecule has 1 rings (SSSR count). The molecule has 0 aromatic rings. The van der Waals surface area contributed by atoms with E-state index in [9.17, 15) is 0 Å². The Bertz CT molecular complexity index is 316. The van der Waals surface area contributed by atoms with E-state index in [1.807, 2.05) is 6.08 Å². The molecule has 1 fully saturated rings. The number of allylic oxidation sites excluding steroid dienone is 3. The zero-order valence-electron chi connectivity index (χ0n) is 10.3. The lowest BCUT2D eigenvalue weighted by molar-refractivity contribution is 0.235. The number of nitrogens with zero attached hydrogens (tertiary/aromatic N) is 1. The minimum atomic E-state index is 0.160. The molecule has 1 aliphatic rings. The number of rotatable bonds is 2. The monoisotopic (exact) mass is 203 g/mol. The summed E-state index contributed by atoms with van der Waals surface area (Å²) in [5.74, 6) is 2.66. The van der Waals surface area contributed by atoms with Gasteiger partial charge in [-0.1, -0.05) is 32.8 Å². The Kier molecular flexibility index (Phi) is 3.63. The van der Waals surface area contributed by atoms with E-state index in [0.29, 0.717) is 0 Å². The topological polar surface area (TPSA) is 3.24 Å². The lowest BCUT2D eigenvalue weighted by Gasteiger charge is -2.39. The summed E-state index contributed by atoms with van der Waals surface area (Å²) in [7, 11) is 0. The first kappa shape index (κ1) is 11.9. The maximum absolute atomic E-state index is 5.40. The van der Waals surface area contributed by atoms with Gasteiger partial charge < -0.3 is 4.90 Å². The summed E-state index contributed by atoms with van der Waals surface area (Å²) in [4.78, 5) is 2.36. The second-order valence-electron chi connectivity index (χ2n) is 4.99. The van der Waals surface area contributed by atoms with Crippen molar-refractivity contribution in [2.24, 2.45) is 5.41 Å². The quantitative estimate of drug-likeness (QED) is 0.492. The first-order chi connectivity index (χ1) is 7.00. The van der Waals surface area contributed by atoms with Crippen LogP contribution >= 0.6 is 0 Å². The SMILES string of the molecule is C#C/C=C(\C(=C/C)C(C)(C)C)N1CCC1. The van der Waals surface area contributed by atoms with E-state index in [4.69, 9.17) is 6.42 Å². The van der Waals surface area contributed by atoms with Crippen molar-refractivity contribution in [2.75, 3.05) is 13.1 Å². The number of terminal acetylenes is 1. The van der Waals surface area contributed by atoms with Crippen LogP contribution in [0.4, 0.5) is 0 Å². The average molecular weight is 203 g/mol. The van der Waals surface area contributed by atoms with Gasteiger partial charge in [0.05, 0.1) is 0 Å². The smallest absolute Gasteiger partial charge is 0.0485 e. The zero-order chi connectivity index (χ0) is 11.5. The molecule has 0 aromatic carbocycles. The second kappa shape index (κ2) is 4.57. The van der Waals surface area contributed by atoms with Crippen LogP contribution in [-0.4, -0.2) is 18.0 Å². The molecule has 1 aliphatic heterocycles. The highest BCUT2D eigenvalue weighted by Crippen LogP contribution is 2.34. The Balaban J connectivity index is 2.99. The largest absolute Gasteiger partial charge is 0.371 e. The highest BCUT2D eigenvalue weighted by atomic mass is 15.2. The Morgan fingerprint density at radius 1 is 1.33 bits per heavy atom. The van der Waals surface area contributed by atoms with Gasteiger partial charge in [-0.2, -0.15) is 0 Å². The van der Waals surface area contributed by atoms with Crippen LogP contribution in [0.15, 0.2) is 23.4 Å². The Morgan fingerprint density at radius 3 is 2.20 bits per heavy atom. The maximum atomic E-state index is 5.40. The van der Waals surface area contributed by atoms with Crippen molar-refractivity contribution >= 4 is 0 Å². The normalized spacial score (nSPS) is 18.5. The van der Waals surface area contributed by atoms with Gasteiger partial charge in [0.25, 0.3) is 0 Å². The van der Waals surface area contributed by atoms with Gasteiger partial charge in [-0.15, -0.1) is 6.42 Å². The summed E-state index contributed by atoms with van der Waals surface area (Å²) in [5, 5.41) is 0. The van der Waals surface area contributed by atoms with Gasteiger partial charge in [-0.25, -0.2) is 0 Å². The van der Waals surface area contributed by atoms with Gasteiger partial charge in [-0.3, -0.25) is 0 Å². The molecule has 0 N–H and O–H groups in total. The van der Waals surface area contributed by atoms with Crippen molar-refractivity contribution in [3.05, 3.63) is 23.4 Å². The Morgan fingerprint density at radius 2 is 1.93 bits per heavy atom. The third kappa shape index (κ3) is 2.65. The van der Waals surface area contributed by atoms with Gasteiger partial charge in [0.1, 0.15) is 0 Å². The third-order valence-electron chi connectivity index (χ3n) is 2.79. The van der Waals surface area contributed by atoms with E-state index in [2.05, 4.69) is 44.6 Å². The molecule has 1 saturated heterocycles. The van der Waals surface area contributed by atoms with Crippen LogP contribution < -0.4 is 0 Å². The minimum Gasteiger partial charge on any atom is -0.371 e. The number of hydrogen-bond acceptors (Lipinski definition) is 1. The summed E-state index contributed by atoms with van der Waals surface area (Å²) in [6, 6.07) is 0. The molecule has 1 heterocycles. The second-order valence-corrected chi connectivity index (χ2v) is 4.99. The molecular weight excluding hydrogens is 182 g/mol. The van der Waals surface area contributed by atoms with E-state index < -0.39 is 0 Å². The molecule has 0 aromatic heterocycles. The predicted octanol–water partition coefficient (Wildman–Crippen LogP) is 3.20. The van der Waals surface area contributed by atoms with Crippen molar-refractivity contribution in [1.82, 2.24) is 4.90 Å². The molecule has 82 valence electrons. The first-order valence-electron chi connectivity index (χ1n) is 5.59. The first-order valence-corrected chi connectivity index (χ1v) is 5.59. The molecule has 0 radical (unpaired) electrons. The van der Waals surface area contributed by atoms with Crippen molar-refractivity contribution in [2.45, 2.75) is 34.1 Å². The van der Waals surface area contributed by atoms with Crippen LogP contribution in [0.3, 0.4) is 0 Å². The van der Waals surface area contributed by atoms with Crippen molar-refractivity contribution < 1.29 is 0 Å². The molecule has 0 amide bonds. The molecular formula is C14H21N. The third-order valence-corrected chi connectivity index (χ3v) is 2.79. The van der Waals surface area contributed by atoms with Crippen LogP contribution in [0.1, 0.15) is 34.1 Å². The minimum absolute atomic E-state index is 0.160.